The van der Waals surface area contributed by atoms with E-state index in [1.165, 1.54) is 6.42 Å². The standard InChI is InChI=1S/C24H31N3O2.ClH/c1-24(2,25)15-26-22(28)21-14-18-9-5-6-10-20(18)27(21)23(29)19-12-11-16-7-3-4-8-17(16)13-19;/h3-4,7-8,11-13,18,20-21H,5-6,9-10,14-15,25H2,1-2H3,(H,26,28);1H. The van der Waals surface area contributed by atoms with Gasteiger partial charge in [0.05, 0.1) is 0 Å². The summed E-state index contributed by atoms with van der Waals surface area (Å²) in [6.07, 6.45) is 5.13. The van der Waals surface area contributed by atoms with E-state index in [1.807, 2.05) is 61.2 Å². The second-order valence-corrected chi connectivity index (χ2v) is 9.34. The molecule has 3 N–H and O–H groups in total. The van der Waals surface area contributed by atoms with Gasteiger partial charge < -0.3 is 16.0 Å². The second-order valence-electron chi connectivity index (χ2n) is 9.34. The zero-order valence-corrected chi connectivity index (χ0v) is 18.6. The molecule has 2 aliphatic rings. The number of fused-ring (bicyclic) bond motifs is 2. The summed E-state index contributed by atoms with van der Waals surface area (Å²) in [5.74, 6) is 0.305. The molecule has 3 unspecified atom stereocenters. The molecule has 5 nitrogen and oxygen atoms in total. The number of nitrogens with one attached hydrogen (secondary N) is 1. The van der Waals surface area contributed by atoms with E-state index < -0.39 is 11.6 Å². The molecule has 0 bridgehead atoms. The average molecular weight is 430 g/mol. The molecule has 1 saturated carbocycles. The van der Waals surface area contributed by atoms with Crippen LogP contribution in [0.4, 0.5) is 0 Å². The fourth-order valence-electron chi connectivity index (χ4n) is 4.89. The molecular formula is C24H32ClN3O2. The van der Waals surface area contributed by atoms with Crippen LogP contribution >= 0.6 is 12.4 Å². The third-order valence-electron chi connectivity index (χ3n) is 6.34. The number of halogens is 1. The molecule has 3 atom stereocenters. The Labute approximate surface area is 184 Å². The third-order valence-corrected chi connectivity index (χ3v) is 6.34. The van der Waals surface area contributed by atoms with Crippen molar-refractivity contribution in [2.24, 2.45) is 11.7 Å². The Morgan fingerprint density at radius 3 is 2.53 bits per heavy atom. The van der Waals surface area contributed by atoms with Gasteiger partial charge in [0.1, 0.15) is 6.04 Å². The van der Waals surface area contributed by atoms with Gasteiger partial charge in [0.25, 0.3) is 5.91 Å². The van der Waals surface area contributed by atoms with E-state index in [4.69, 9.17) is 5.73 Å². The van der Waals surface area contributed by atoms with E-state index in [1.54, 1.807) is 0 Å². The topological polar surface area (TPSA) is 75.4 Å². The number of rotatable bonds is 4. The molecule has 1 aliphatic heterocycles. The van der Waals surface area contributed by atoms with E-state index in [2.05, 4.69) is 5.32 Å². The monoisotopic (exact) mass is 429 g/mol. The minimum absolute atomic E-state index is 0. The average Bonchev–Trinajstić information content (AvgIpc) is 3.10. The summed E-state index contributed by atoms with van der Waals surface area (Å²) in [5, 5.41) is 5.14. The predicted molar refractivity (Wildman–Crippen MR) is 123 cm³/mol. The van der Waals surface area contributed by atoms with Crippen LogP contribution in [0, 0.1) is 5.92 Å². The van der Waals surface area contributed by atoms with Crippen molar-refractivity contribution in [2.75, 3.05) is 6.54 Å². The smallest absolute Gasteiger partial charge is 0.254 e. The first-order valence-corrected chi connectivity index (χ1v) is 10.7. The van der Waals surface area contributed by atoms with Gasteiger partial charge in [-0.25, -0.2) is 0 Å². The molecule has 4 rings (SSSR count). The van der Waals surface area contributed by atoms with Gasteiger partial charge in [0.2, 0.25) is 5.91 Å². The molecule has 1 heterocycles. The molecule has 2 aromatic rings. The van der Waals surface area contributed by atoms with Gasteiger partial charge in [-0.15, -0.1) is 12.4 Å². The normalized spacial score (nSPS) is 23.6. The predicted octanol–water partition coefficient (Wildman–Crippen LogP) is 3.89. The van der Waals surface area contributed by atoms with Crippen molar-refractivity contribution in [3.63, 3.8) is 0 Å². The Hall–Kier alpha value is -2.11. The van der Waals surface area contributed by atoms with E-state index >= 15 is 0 Å². The van der Waals surface area contributed by atoms with Gasteiger partial charge in [0.15, 0.2) is 0 Å². The largest absolute Gasteiger partial charge is 0.352 e. The number of nitrogens with zero attached hydrogens (tertiary/aromatic N) is 1. The number of hydrogen-bond acceptors (Lipinski definition) is 3. The molecule has 2 amide bonds. The van der Waals surface area contributed by atoms with Crippen molar-refractivity contribution >= 4 is 35.0 Å². The number of carbonyl (C=O) groups is 2. The van der Waals surface area contributed by atoms with E-state index in [0.29, 0.717) is 18.0 Å². The molecule has 30 heavy (non-hydrogen) atoms. The summed E-state index contributed by atoms with van der Waals surface area (Å²) in [6.45, 7) is 4.18. The van der Waals surface area contributed by atoms with Crippen LogP contribution in [-0.2, 0) is 4.79 Å². The van der Waals surface area contributed by atoms with Gasteiger partial charge in [-0.1, -0.05) is 43.2 Å². The van der Waals surface area contributed by atoms with Crippen LogP contribution in [0.25, 0.3) is 10.8 Å². The SMILES string of the molecule is CC(C)(N)CNC(=O)C1CC2CCCCC2N1C(=O)c1ccc2ccccc2c1.Cl. The summed E-state index contributed by atoms with van der Waals surface area (Å²) in [5.41, 5.74) is 6.22. The number of carbonyl (C=O) groups excluding carboxylic acids is 2. The maximum absolute atomic E-state index is 13.6. The summed E-state index contributed by atoms with van der Waals surface area (Å²) in [4.78, 5) is 28.5. The first-order chi connectivity index (χ1) is 13.8. The second kappa shape index (κ2) is 8.94. The Morgan fingerprint density at radius 1 is 1.10 bits per heavy atom. The molecule has 6 heteroatoms. The number of benzene rings is 2. The molecule has 1 saturated heterocycles. The minimum atomic E-state index is -0.478. The fraction of sp³-hybridized carbons (Fsp3) is 0.500. The summed E-state index contributed by atoms with van der Waals surface area (Å²) in [7, 11) is 0. The van der Waals surface area contributed by atoms with Crippen molar-refractivity contribution < 1.29 is 9.59 Å². The summed E-state index contributed by atoms with van der Waals surface area (Å²) >= 11 is 0. The minimum Gasteiger partial charge on any atom is -0.352 e. The van der Waals surface area contributed by atoms with Crippen LogP contribution in [0.2, 0.25) is 0 Å². The molecule has 0 spiro atoms. The van der Waals surface area contributed by atoms with Gasteiger partial charge in [-0.2, -0.15) is 0 Å². The van der Waals surface area contributed by atoms with Crippen molar-refractivity contribution in [3.05, 3.63) is 48.0 Å². The molecule has 162 valence electrons. The lowest BCUT2D eigenvalue weighted by Gasteiger charge is -2.34. The number of nitrogens with two attached hydrogens (primary N) is 1. The molecule has 0 radical (unpaired) electrons. The van der Waals surface area contributed by atoms with Gasteiger partial charge in [0, 0.05) is 23.7 Å². The van der Waals surface area contributed by atoms with Crippen molar-refractivity contribution in [3.8, 4) is 0 Å². The highest BCUT2D eigenvalue weighted by atomic mass is 35.5. The van der Waals surface area contributed by atoms with E-state index in [0.717, 1.165) is 36.5 Å². The summed E-state index contributed by atoms with van der Waals surface area (Å²) < 4.78 is 0. The summed E-state index contributed by atoms with van der Waals surface area (Å²) in [6, 6.07) is 13.6. The zero-order valence-electron chi connectivity index (χ0n) is 17.8. The first-order valence-electron chi connectivity index (χ1n) is 10.7. The van der Waals surface area contributed by atoms with Crippen LogP contribution in [-0.4, -0.2) is 40.9 Å². The number of amides is 2. The third kappa shape index (κ3) is 4.62. The molecule has 1 aliphatic carbocycles. The van der Waals surface area contributed by atoms with Crippen molar-refractivity contribution in [1.29, 1.82) is 0 Å². The van der Waals surface area contributed by atoms with Crippen LogP contribution in [0.3, 0.4) is 0 Å². The Balaban J connectivity index is 0.00000256. The van der Waals surface area contributed by atoms with Gasteiger partial charge in [-0.05, 0) is 61.9 Å². The van der Waals surface area contributed by atoms with Gasteiger partial charge in [-0.3, -0.25) is 9.59 Å². The number of hydrogen-bond donors (Lipinski definition) is 2. The maximum Gasteiger partial charge on any atom is 0.254 e. The van der Waals surface area contributed by atoms with Crippen LogP contribution in [0.1, 0.15) is 56.3 Å². The van der Waals surface area contributed by atoms with Crippen molar-refractivity contribution in [1.82, 2.24) is 10.2 Å². The lowest BCUT2D eigenvalue weighted by Crippen LogP contribution is -2.53. The quantitative estimate of drug-likeness (QED) is 0.774. The van der Waals surface area contributed by atoms with E-state index in [-0.39, 0.29) is 30.3 Å². The highest BCUT2D eigenvalue weighted by molar-refractivity contribution is 6.01. The fourth-order valence-corrected chi connectivity index (χ4v) is 4.89. The molecule has 0 aromatic heterocycles. The highest BCUT2D eigenvalue weighted by Crippen LogP contribution is 2.40. The Morgan fingerprint density at radius 2 is 1.80 bits per heavy atom. The molecule has 2 aromatic carbocycles. The highest BCUT2D eigenvalue weighted by Gasteiger charge is 2.47. The lowest BCUT2D eigenvalue weighted by molar-refractivity contribution is -0.125. The van der Waals surface area contributed by atoms with E-state index in [9.17, 15) is 9.59 Å². The first kappa shape index (κ1) is 22.6. The molecular weight excluding hydrogens is 398 g/mol. The lowest BCUT2D eigenvalue weighted by atomic mass is 9.84. The number of likely N-dealkylation sites (tertiary alicyclic amines) is 1. The maximum atomic E-state index is 13.6. The molecule has 2 fully saturated rings. The van der Waals surface area contributed by atoms with Crippen LogP contribution in [0.5, 0.6) is 0 Å². The van der Waals surface area contributed by atoms with Crippen molar-refractivity contribution in [2.45, 2.75) is 63.6 Å². The van der Waals surface area contributed by atoms with Crippen LogP contribution in [0.15, 0.2) is 42.5 Å². The van der Waals surface area contributed by atoms with Crippen LogP contribution < -0.4 is 11.1 Å². The van der Waals surface area contributed by atoms with Gasteiger partial charge >= 0.3 is 0 Å². The zero-order chi connectivity index (χ0) is 20.6. The Kier molecular flexibility index (Phi) is 6.73. The Bertz CT molecular complexity index is 924.